The molecule has 0 aliphatic carbocycles. The minimum absolute atomic E-state index is 0.0994. The van der Waals surface area contributed by atoms with Crippen LogP contribution in [-0.4, -0.2) is 40.6 Å². The van der Waals surface area contributed by atoms with Gasteiger partial charge in [0, 0.05) is 17.9 Å². The van der Waals surface area contributed by atoms with Crippen molar-refractivity contribution >= 4 is 40.3 Å². The van der Waals surface area contributed by atoms with Gasteiger partial charge in [-0.05, 0) is 41.5 Å². The summed E-state index contributed by atoms with van der Waals surface area (Å²) in [5.41, 5.74) is 2.77. The Hall–Kier alpha value is -4.18. The Kier molecular flexibility index (Phi) is 6.09. The number of para-hydroxylation sites is 1. The number of aliphatic imine (C=N–C) groups is 2. The number of ether oxygens (including phenoxy) is 2. The SMILES string of the molecule is O=C(CC1C(=O)N=C2c3ccccc3N=C(SCc3ccccc3F)N21)NCc1ccc2c(c1)OCO2. The van der Waals surface area contributed by atoms with E-state index in [1.165, 1.54) is 17.8 Å². The fraction of sp³-hybridized carbons (Fsp3) is 0.185. The molecule has 0 saturated heterocycles. The van der Waals surface area contributed by atoms with E-state index in [0.29, 0.717) is 45.1 Å². The Bertz CT molecular complexity index is 1470. The summed E-state index contributed by atoms with van der Waals surface area (Å²) in [7, 11) is 0. The minimum Gasteiger partial charge on any atom is -0.454 e. The van der Waals surface area contributed by atoms with Gasteiger partial charge in [0.1, 0.15) is 17.7 Å². The monoisotopic (exact) mass is 516 g/mol. The molecule has 1 N–H and O–H groups in total. The maximum atomic E-state index is 14.2. The first-order chi connectivity index (χ1) is 18.1. The summed E-state index contributed by atoms with van der Waals surface area (Å²) in [5.74, 6) is 1.05. The summed E-state index contributed by atoms with van der Waals surface area (Å²) in [6.07, 6.45) is -0.0994. The lowest BCUT2D eigenvalue weighted by Gasteiger charge is -2.30. The van der Waals surface area contributed by atoms with Crippen molar-refractivity contribution in [2.45, 2.75) is 24.8 Å². The number of benzene rings is 3. The second-order valence-corrected chi connectivity index (χ2v) is 9.56. The number of halogens is 1. The van der Waals surface area contributed by atoms with Gasteiger partial charge in [-0.1, -0.05) is 48.2 Å². The van der Waals surface area contributed by atoms with E-state index in [1.807, 2.05) is 36.4 Å². The molecule has 0 aromatic heterocycles. The van der Waals surface area contributed by atoms with Crippen molar-refractivity contribution in [2.24, 2.45) is 9.98 Å². The van der Waals surface area contributed by atoms with Crippen LogP contribution >= 0.6 is 11.8 Å². The van der Waals surface area contributed by atoms with Crippen molar-refractivity contribution < 1.29 is 23.5 Å². The van der Waals surface area contributed by atoms with E-state index >= 15 is 0 Å². The molecule has 186 valence electrons. The van der Waals surface area contributed by atoms with E-state index in [-0.39, 0.29) is 31.5 Å². The summed E-state index contributed by atoms with van der Waals surface area (Å²) in [4.78, 5) is 36.6. The van der Waals surface area contributed by atoms with Crippen LogP contribution in [0.1, 0.15) is 23.1 Å². The van der Waals surface area contributed by atoms with Gasteiger partial charge in [-0.2, -0.15) is 4.99 Å². The van der Waals surface area contributed by atoms with Gasteiger partial charge < -0.3 is 14.8 Å². The van der Waals surface area contributed by atoms with E-state index in [1.54, 1.807) is 29.2 Å². The number of amidine groups is 2. The maximum absolute atomic E-state index is 14.2. The average molecular weight is 517 g/mol. The lowest BCUT2D eigenvalue weighted by Crippen LogP contribution is -2.45. The van der Waals surface area contributed by atoms with E-state index < -0.39 is 11.9 Å². The molecule has 10 heteroatoms. The van der Waals surface area contributed by atoms with Gasteiger partial charge >= 0.3 is 0 Å². The van der Waals surface area contributed by atoms with Crippen LogP contribution in [0.2, 0.25) is 0 Å². The van der Waals surface area contributed by atoms with Crippen molar-refractivity contribution in [3.63, 3.8) is 0 Å². The van der Waals surface area contributed by atoms with E-state index in [0.717, 1.165) is 5.56 Å². The number of hydrogen-bond acceptors (Lipinski definition) is 7. The highest BCUT2D eigenvalue weighted by atomic mass is 32.2. The molecule has 0 radical (unpaired) electrons. The summed E-state index contributed by atoms with van der Waals surface area (Å²) in [5, 5.41) is 3.37. The van der Waals surface area contributed by atoms with Gasteiger partial charge in [0.25, 0.3) is 5.91 Å². The first kappa shape index (κ1) is 23.2. The molecule has 3 aliphatic rings. The van der Waals surface area contributed by atoms with Crippen LogP contribution in [-0.2, 0) is 21.9 Å². The fourth-order valence-electron chi connectivity index (χ4n) is 4.36. The minimum atomic E-state index is -0.841. The zero-order chi connectivity index (χ0) is 25.4. The van der Waals surface area contributed by atoms with Crippen molar-refractivity contribution in [2.75, 3.05) is 6.79 Å². The summed E-state index contributed by atoms with van der Waals surface area (Å²) >= 11 is 1.30. The number of fused-ring (bicyclic) bond motifs is 4. The van der Waals surface area contributed by atoms with Crippen LogP contribution in [0.5, 0.6) is 11.5 Å². The number of hydrogen-bond donors (Lipinski definition) is 1. The molecular formula is C27H21FN4O4S. The van der Waals surface area contributed by atoms with Gasteiger partial charge in [-0.25, -0.2) is 9.38 Å². The largest absolute Gasteiger partial charge is 0.454 e. The number of thioether (sulfide) groups is 1. The topological polar surface area (TPSA) is 92.6 Å². The van der Waals surface area contributed by atoms with Crippen LogP contribution in [0.3, 0.4) is 0 Å². The molecule has 1 unspecified atom stereocenters. The molecule has 0 bridgehead atoms. The molecule has 0 saturated carbocycles. The third-order valence-electron chi connectivity index (χ3n) is 6.23. The summed E-state index contributed by atoms with van der Waals surface area (Å²) < 4.78 is 25.0. The quantitative estimate of drug-likeness (QED) is 0.529. The van der Waals surface area contributed by atoms with Crippen molar-refractivity contribution in [1.82, 2.24) is 10.2 Å². The number of amides is 2. The molecule has 6 rings (SSSR count). The molecule has 2 amide bonds. The zero-order valence-electron chi connectivity index (χ0n) is 19.5. The van der Waals surface area contributed by atoms with Crippen LogP contribution in [0.4, 0.5) is 10.1 Å². The van der Waals surface area contributed by atoms with Crippen LogP contribution in [0.25, 0.3) is 0 Å². The number of nitrogens with zero attached hydrogens (tertiary/aromatic N) is 3. The van der Waals surface area contributed by atoms with Gasteiger partial charge in [0.15, 0.2) is 16.7 Å². The molecular weight excluding hydrogens is 495 g/mol. The normalized spacial score (nSPS) is 17.2. The van der Waals surface area contributed by atoms with E-state index in [9.17, 15) is 14.0 Å². The molecule has 0 fully saturated rings. The maximum Gasteiger partial charge on any atom is 0.271 e. The van der Waals surface area contributed by atoms with Gasteiger partial charge in [-0.3, -0.25) is 14.5 Å². The number of carbonyl (C=O) groups is 2. The second-order valence-electron chi connectivity index (χ2n) is 8.62. The summed E-state index contributed by atoms with van der Waals surface area (Å²) in [6.45, 7) is 0.449. The highest BCUT2D eigenvalue weighted by Gasteiger charge is 2.42. The predicted molar refractivity (Wildman–Crippen MR) is 137 cm³/mol. The summed E-state index contributed by atoms with van der Waals surface area (Å²) in [6, 6.07) is 18.6. The van der Waals surface area contributed by atoms with Gasteiger partial charge in [-0.15, -0.1) is 0 Å². The molecule has 3 heterocycles. The Morgan fingerprint density at radius 3 is 2.76 bits per heavy atom. The first-order valence-electron chi connectivity index (χ1n) is 11.7. The zero-order valence-corrected chi connectivity index (χ0v) is 20.3. The number of nitrogens with one attached hydrogen (secondary N) is 1. The Morgan fingerprint density at radius 2 is 1.86 bits per heavy atom. The van der Waals surface area contributed by atoms with Crippen LogP contribution in [0, 0.1) is 5.82 Å². The smallest absolute Gasteiger partial charge is 0.271 e. The van der Waals surface area contributed by atoms with Crippen molar-refractivity contribution in [3.05, 3.63) is 89.2 Å². The molecule has 37 heavy (non-hydrogen) atoms. The first-order valence-corrected chi connectivity index (χ1v) is 12.7. The van der Waals surface area contributed by atoms with E-state index in [4.69, 9.17) is 14.5 Å². The fourth-order valence-corrected chi connectivity index (χ4v) is 5.39. The molecule has 3 aromatic rings. The average Bonchev–Trinajstić information content (AvgIpc) is 3.51. The predicted octanol–water partition coefficient (Wildman–Crippen LogP) is 4.15. The Morgan fingerprint density at radius 1 is 1.05 bits per heavy atom. The lowest BCUT2D eigenvalue weighted by molar-refractivity contribution is -0.126. The number of rotatable bonds is 6. The second kappa shape index (κ2) is 9.70. The van der Waals surface area contributed by atoms with Gasteiger partial charge in [0.2, 0.25) is 12.7 Å². The standard InChI is InChI=1S/C27H21FN4O4S/c28-19-7-3-1-5-17(19)14-37-27-30-20-8-4-2-6-18(20)25-31-26(34)21(32(25)27)12-24(33)29-13-16-9-10-22-23(11-16)36-15-35-22/h1-11,21H,12-15H2,(H,29,33). The highest BCUT2D eigenvalue weighted by molar-refractivity contribution is 8.13. The van der Waals surface area contributed by atoms with Crippen molar-refractivity contribution in [3.8, 4) is 11.5 Å². The molecule has 0 spiro atoms. The van der Waals surface area contributed by atoms with Crippen LogP contribution < -0.4 is 14.8 Å². The van der Waals surface area contributed by atoms with Crippen molar-refractivity contribution in [1.29, 1.82) is 0 Å². The Labute approximate surface area is 216 Å². The molecule has 3 aliphatic heterocycles. The van der Waals surface area contributed by atoms with E-state index in [2.05, 4.69) is 10.3 Å². The highest BCUT2D eigenvalue weighted by Crippen LogP contribution is 2.36. The molecule has 1 atom stereocenters. The van der Waals surface area contributed by atoms with Crippen LogP contribution in [0.15, 0.2) is 76.7 Å². The number of carbonyl (C=O) groups excluding carboxylic acids is 2. The van der Waals surface area contributed by atoms with Gasteiger partial charge in [0.05, 0.1) is 12.1 Å². The Balaban J connectivity index is 1.20. The third-order valence-corrected chi connectivity index (χ3v) is 7.23. The molecule has 8 nitrogen and oxygen atoms in total. The lowest BCUT2D eigenvalue weighted by atomic mass is 10.1. The third kappa shape index (κ3) is 4.55. The molecule has 3 aromatic carbocycles.